The average Bonchev–Trinajstić information content (AvgIpc) is 3.30. The second kappa shape index (κ2) is 29.0. The van der Waals surface area contributed by atoms with Crippen LogP contribution >= 0.6 is 12.4 Å². The van der Waals surface area contributed by atoms with E-state index < -0.39 is 39.0 Å². The smallest absolute Gasteiger partial charge is 0.457 e. The number of rotatable bonds is 10. The van der Waals surface area contributed by atoms with Gasteiger partial charge in [0, 0.05) is 24.2 Å². The Bertz CT molecular complexity index is 2580. The lowest BCUT2D eigenvalue weighted by Crippen LogP contribution is -2.45. The monoisotopic (exact) mass is 1110 g/mol. The van der Waals surface area contributed by atoms with Crippen molar-refractivity contribution in [1.82, 2.24) is 4.90 Å². The third-order valence-electron chi connectivity index (χ3n) is 11.9. The number of halogens is 1. The lowest BCUT2D eigenvalue weighted by Gasteiger charge is -2.40. The van der Waals surface area contributed by atoms with Gasteiger partial charge in [0.25, 0.3) is 11.4 Å². The van der Waals surface area contributed by atoms with Crippen molar-refractivity contribution < 1.29 is 57.4 Å². The van der Waals surface area contributed by atoms with Crippen LogP contribution in [0.4, 0.5) is 37.1 Å². The summed E-state index contributed by atoms with van der Waals surface area (Å²) < 4.78 is 30.7. The van der Waals surface area contributed by atoms with Crippen molar-refractivity contribution in [2.45, 2.75) is 177 Å². The Kier molecular flexibility index (Phi) is 24.9. The van der Waals surface area contributed by atoms with Gasteiger partial charge in [-0.2, -0.15) is 0 Å². The fraction of sp³-hybridized carbons (Fsp3) is 0.509. The predicted octanol–water partition coefficient (Wildman–Crippen LogP) is 14.7. The van der Waals surface area contributed by atoms with Crippen molar-refractivity contribution in [2.24, 2.45) is 16.6 Å². The Balaban J connectivity index is 0.000000398. The van der Waals surface area contributed by atoms with Crippen molar-refractivity contribution in [3.05, 3.63) is 116 Å². The van der Waals surface area contributed by atoms with E-state index in [9.17, 15) is 39.4 Å². The molecule has 2 aliphatic rings. The zero-order valence-corrected chi connectivity index (χ0v) is 48.2. The Hall–Kier alpha value is -7.19. The molecule has 2 aliphatic carbocycles. The lowest BCUT2D eigenvalue weighted by molar-refractivity contribution is -0.384. The van der Waals surface area contributed by atoms with Gasteiger partial charge >= 0.3 is 18.4 Å². The molecule has 430 valence electrons. The van der Waals surface area contributed by atoms with Crippen LogP contribution in [-0.2, 0) is 25.5 Å². The third-order valence-corrected chi connectivity index (χ3v) is 11.9. The Morgan fingerprint density at radius 3 is 1.31 bits per heavy atom. The Morgan fingerprint density at radius 2 is 0.962 bits per heavy atom. The molecule has 2 saturated carbocycles. The number of amides is 1. The highest BCUT2D eigenvalue weighted by Crippen LogP contribution is 2.39. The molecule has 78 heavy (non-hydrogen) atoms. The number of hydrogen-bond acceptors (Lipinski definition) is 17. The van der Waals surface area contributed by atoms with E-state index in [2.05, 4.69) is 32.4 Å². The summed E-state index contributed by atoms with van der Waals surface area (Å²) in [7, 11) is 0. The second-order valence-electron chi connectivity index (χ2n) is 23.5. The first-order chi connectivity index (χ1) is 35.5. The van der Waals surface area contributed by atoms with Crippen LogP contribution in [0, 0.1) is 31.1 Å². The van der Waals surface area contributed by atoms with Gasteiger partial charge in [0.15, 0.2) is 0 Å². The first-order valence-electron chi connectivity index (χ1n) is 25.5. The number of carbonyl (C=O) groups excluding carboxylic acids is 4. The van der Waals surface area contributed by atoms with E-state index in [1.54, 1.807) is 84.0 Å². The highest BCUT2D eigenvalue weighted by Gasteiger charge is 2.34. The number of anilines is 2. The molecule has 0 aromatic heterocycles. The first-order valence-corrected chi connectivity index (χ1v) is 25.5. The van der Waals surface area contributed by atoms with Crippen molar-refractivity contribution in [1.29, 1.82) is 0 Å². The number of hydrogen-bond donors (Lipinski definition) is 3. The van der Waals surface area contributed by atoms with E-state index in [1.165, 1.54) is 56.0 Å². The minimum atomic E-state index is -1.06. The molecule has 1 amide bonds. The number of nitro groups is 2. The molecule has 0 unspecified atom stereocenters. The zero-order valence-electron chi connectivity index (χ0n) is 47.4. The zero-order chi connectivity index (χ0) is 58.1. The van der Waals surface area contributed by atoms with E-state index >= 15 is 0 Å². The van der Waals surface area contributed by atoms with Crippen LogP contribution in [0.3, 0.4) is 0 Å². The van der Waals surface area contributed by atoms with Crippen LogP contribution in [0.25, 0.3) is 0 Å². The van der Waals surface area contributed by atoms with Gasteiger partial charge in [-0.25, -0.2) is 14.4 Å². The molecule has 4 aromatic carbocycles. The van der Waals surface area contributed by atoms with Gasteiger partial charge < -0.3 is 50.5 Å². The molecule has 6 rings (SSSR count). The summed E-state index contributed by atoms with van der Waals surface area (Å²) in [5.74, 6) is 1.64. The second-order valence-corrected chi connectivity index (χ2v) is 23.5. The SMILES string of the molecule is CC(C)(C)OC(=O)OC(=O)OC(C)(C)C.CC1(C)CCC(N(Cc2ccc(Oc3ccc(N)c([N+](=O)[O-])c3)cc2)C(=O)OC(C)(C)C)CC1.CC1(C)CCC(N)CC1.Cl.Nc1ccc(Oc2ccc(C=O)cc2)cc1[N+](=O)[O-]. The third kappa shape index (κ3) is 25.3. The summed E-state index contributed by atoms with van der Waals surface area (Å²) >= 11 is 0. The van der Waals surface area contributed by atoms with Crippen molar-refractivity contribution in [3.8, 4) is 23.0 Å². The van der Waals surface area contributed by atoms with Gasteiger partial charge in [-0.15, -0.1) is 12.4 Å². The molecule has 4 aromatic rings. The van der Waals surface area contributed by atoms with E-state index in [0.717, 1.165) is 37.5 Å². The number of carbonyl (C=O) groups is 4. The first kappa shape index (κ1) is 66.9. The lowest BCUT2D eigenvalue weighted by atomic mass is 9.75. The normalized spacial score (nSPS) is 14.9. The summed E-state index contributed by atoms with van der Waals surface area (Å²) in [5, 5.41) is 21.9. The maximum atomic E-state index is 13.1. The fourth-order valence-electron chi connectivity index (χ4n) is 7.63. The van der Waals surface area contributed by atoms with Gasteiger partial charge in [-0.1, -0.05) is 39.8 Å². The molecule has 0 saturated heterocycles. The summed E-state index contributed by atoms with van der Waals surface area (Å²) in [6, 6.07) is 22.9. The number of nitrogens with two attached hydrogens (primary N) is 3. The summed E-state index contributed by atoms with van der Waals surface area (Å²) in [6.45, 7) is 25.3. The standard InChI is InChI=1S/C26H35N3O5.C13H10N2O4.C10H18O5.C8H17N.ClH/c1-25(2,3)34-24(30)28(19-12-14-26(4,5)15-13-19)17-18-6-8-20(9-7-18)33-21-10-11-22(27)23(16-21)29(31)32;14-12-6-5-11(7-13(12)15(17)18)19-10-3-1-9(8-16)2-4-10;1-9(2,3)14-7(11)13-8(12)15-10(4,5)6;1-8(2)5-3-7(9)4-6-8;/h6-11,16,19H,12-15,17,27H2,1-5H3;1-8H,14H2;1-6H3;7H,3-6,9H2,1-2H3;1H. The van der Waals surface area contributed by atoms with Gasteiger partial charge in [0.05, 0.1) is 22.0 Å². The maximum absolute atomic E-state index is 13.1. The van der Waals surface area contributed by atoms with Crippen LogP contribution in [0.2, 0.25) is 0 Å². The molecule has 6 N–H and O–H groups in total. The molecule has 2 fully saturated rings. The molecule has 0 atom stereocenters. The van der Waals surface area contributed by atoms with E-state index in [0.29, 0.717) is 52.0 Å². The van der Waals surface area contributed by atoms with Crippen LogP contribution in [0.1, 0.15) is 157 Å². The predicted molar refractivity (Wildman–Crippen MR) is 302 cm³/mol. The number of aldehydes is 1. The molecule has 0 heterocycles. The molecular formula is C57H81ClN6O14. The Morgan fingerprint density at radius 1 is 0.603 bits per heavy atom. The van der Waals surface area contributed by atoms with Crippen molar-refractivity contribution in [2.75, 3.05) is 11.5 Å². The highest BCUT2D eigenvalue weighted by molar-refractivity contribution is 5.85. The quantitative estimate of drug-likeness (QED) is 0.0253. The molecule has 0 radical (unpaired) electrons. The molecule has 0 bridgehead atoms. The number of benzene rings is 4. The van der Waals surface area contributed by atoms with E-state index in [1.807, 2.05) is 37.8 Å². The molecule has 21 heteroatoms. The minimum Gasteiger partial charge on any atom is -0.457 e. The van der Waals surface area contributed by atoms with Crippen LogP contribution in [0.15, 0.2) is 84.9 Å². The van der Waals surface area contributed by atoms with Crippen molar-refractivity contribution >= 4 is 59.8 Å². The van der Waals surface area contributed by atoms with Gasteiger partial charge in [0.2, 0.25) is 0 Å². The van der Waals surface area contributed by atoms with Crippen LogP contribution in [0.5, 0.6) is 23.0 Å². The van der Waals surface area contributed by atoms with Crippen LogP contribution in [-0.4, -0.2) is 68.3 Å². The maximum Gasteiger partial charge on any atom is 0.519 e. The molecular weight excluding hydrogens is 1030 g/mol. The summed E-state index contributed by atoms with van der Waals surface area (Å²) in [4.78, 5) is 68.2. The van der Waals surface area contributed by atoms with Crippen molar-refractivity contribution in [3.63, 3.8) is 0 Å². The highest BCUT2D eigenvalue weighted by atomic mass is 35.5. The summed E-state index contributed by atoms with van der Waals surface area (Å²) in [6.07, 6.45) is 7.42. The molecule has 20 nitrogen and oxygen atoms in total. The number of nitro benzene ring substituents is 2. The largest absolute Gasteiger partial charge is 0.519 e. The molecule has 0 aliphatic heterocycles. The average molecular weight is 1110 g/mol. The number of nitrogens with zero attached hydrogens (tertiary/aromatic N) is 3. The number of ether oxygens (including phenoxy) is 6. The molecule has 0 spiro atoms. The van der Waals surface area contributed by atoms with E-state index in [-0.39, 0.29) is 47.3 Å². The van der Waals surface area contributed by atoms with Gasteiger partial charge in [0.1, 0.15) is 57.5 Å². The number of nitrogen functional groups attached to an aromatic ring is 2. The summed E-state index contributed by atoms with van der Waals surface area (Å²) in [5.41, 5.74) is 17.0. The van der Waals surface area contributed by atoms with Crippen LogP contribution < -0.4 is 26.7 Å². The topological polar surface area (TPSA) is 291 Å². The Labute approximate surface area is 464 Å². The minimum absolute atomic E-state index is 0. The van der Waals surface area contributed by atoms with Gasteiger partial charge in [-0.05, 0) is 191 Å². The fourth-order valence-corrected chi connectivity index (χ4v) is 7.63. The van der Waals surface area contributed by atoms with E-state index in [4.69, 9.17) is 40.9 Å². The van der Waals surface area contributed by atoms with Gasteiger partial charge in [-0.3, -0.25) is 25.0 Å².